The molecule has 0 aromatic heterocycles. The van der Waals surface area contributed by atoms with E-state index in [1.54, 1.807) is 14.2 Å². The molecule has 0 amide bonds. The van der Waals surface area contributed by atoms with E-state index in [9.17, 15) is 0 Å². The Morgan fingerprint density at radius 2 is 1.64 bits per heavy atom. The molecule has 2 rings (SSSR count). The summed E-state index contributed by atoms with van der Waals surface area (Å²) in [4.78, 5) is 2.63. The minimum atomic E-state index is 0.589. The lowest BCUT2D eigenvalue weighted by Crippen LogP contribution is -2.32. The highest BCUT2D eigenvalue weighted by Gasteiger charge is 2.31. The summed E-state index contributed by atoms with van der Waals surface area (Å²) in [5, 5.41) is 0. The van der Waals surface area contributed by atoms with E-state index in [2.05, 4.69) is 37.8 Å². The summed E-state index contributed by atoms with van der Waals surface area (Å²) < 4.78 is 10.9. The number of benzene rings is 1. The van der Waals surface area contributed by atoms with Gasteiger partial charge >= 0.3 is 0 Å². The fourth-order valence-corrected chi connectivity index (χ4v) is 3.73. The van der Waals surface area contributed by atoms with Gasteiger partial charge in [-0.1, -0.05) is 20.8 Å². The van der Waals surface area contributed by atoms with E-state index in [1.165, 1.54) is 43.6 Å². The van der Waals surface area contributed by atoms with Crippen molar-refractivity contribution >= 4 is 0 Å². The molecule has 22 heavy (non-hydrogen) atoms. The maximum absolute atomic E-state index is 5.47. The van der Waals surface area contributed by atoms with Gasteiger partial charge in [-0.3, -0.25) is 0 Å². The second kappa shape index (κ2) is 7.87. The summed E-state index contributed by atoms with van der Waals surface area (Å²) in [6, 6.07) is 4.36. The molecule has 0 aliphatic heterocycles. The first kappa shape index (κ1) is 17.1. The third-order valence-corrected chi connectivity index (χ3v) is 4.90. The molecule has 0 fully saturated rings. The molecule has 3 heteroatoms. The van der Waals surface area contributed by atoms with Crippen molar-refractivity contribution in [1.29, 1.82) is 0 Å². The minimum Gasteiger partial charge on any atom is -0.493 e. The first-order valence-corrected chi connectivity index (χ1v) is 8.61. The molecular weight excluding hydrogens is 274 g/mol. The average molecular weight is 305 g/mol. The maximum atomic E-state index is 5.47. The molecule has 2 atom stereocenters. The Morgan fingerprint density at radius 3 is 2.18 bits per heavy atom. The second-order valence-electron chi connectivity index (χ2n) is 6.46. The van der Waals surface area contributed by atoms with Crippen LogP contribution in [0, 0.1) is 5.92 Å². The van der Waals surface area contributed by atoms with Gasteiger partial charge in [-0.2, -0.15) is 0 Å². The van der Waals surface area contributed by atoms with Crippen molar-refractivity contribution in [2.45, 2.75) is 46.0 Å². The fraction of sp³-hybridized carbons (Fsp3) is 0.684. The lowest BCUT2D eigenvalue weighted by atomic mass is 9.94. The van der Waals surface area contributed by atoms with Crippen LogP contribution in [0.3, 0.4) is 0 Å². The Kier molecular flexibility index (Phi) is 6.13. The van der Waals surface area contributed by atoms with Crippen molar-refractivity contribution < 1.29 is 9.47 Å². The van der Waals surface area contributed by atoms with Crippen LogP contribution >= 0.6 is 0 Å². The molecule has 0 spiro atoms. The highest BCUT2D eigenvalue weighted by Crippen LogP contribution is 2.43. The summed E-state index contributed by atoms with van der Waals surface area (Å²) >= 11 is 0. The van der Waals surface area contributed by atoms with Crippen LogP contribution < -0.4 is 9.47 Å². The average Bonchev–Trinajstić information content (AvgIpc) is 2.82. The molecule has 124 valence electrons. The first-order valence-electron chi connectivity index (χ1n) is 8.61. The molecule has 3 nitrogen and oxygen atoms in total. The number of rotatable bonds is 8. The lowest BCUT2D eigenvalue weighted by molar-refractivity contribution is 0.222. The molecule has 0 bridgehead atoms. The van der Waals surface area contributed by atoms with Crippen LogP contribution in [0.15, 0.2) is 12.1 Å². The van der Waals surface area contributed by atoms with Crippen molar-refractivity contribution in [3.8, 4) is 11.5 Å². The smallest absolute Gasteiger partial charge is 0.161 e. The van der Waals surface area contributed by atoms with Gasteiger partial charge in [0.2, 0.25) is 0 Å². The number of methoxy groups -OCH3 is 2. The highest BCUT2D eigenvalue weighted by atomic mass is 16.5. The molecule has 1 aliphatic carbocycles. The Balaban J connectivity index is 2.15. The Bertz CT molecular complexity index is 481. The molecule has 1 aromatic rings. The van der Waals surface area contributed by atoms with E-state index in [0.717, 1.165) is 17.9 Å². The highest BCUT2D eigenvalue weighted by molar-refractivity contribution is 5.50. The van der Waals surface area contributed by atoms with Crippen LogP contribution in [0.25, 0.3) is 0 Å². The fourth-order valence-electron chi connectivity index (χ4n) is 3.73. The van der Waals surface area contributed by atoms with E-state index < -0.39 is 0 Å². The van der Waals surface area contributed by atoms with Gasteiger partial charge in [0.25, 0.3) is 0 Å². The number of hydrogen-bond acceptors (Lipinski definition) is 3. The van der Waals surface area contributed by atoms with E-state index >= 15 is 0 Å². The quantitative estimate of drug-likeness (QED) is 0.721. The van der Waals surface area contributed by atoms with Gasteiger partial charge in [-0.25, -0.2) is 0 Å². The van der Waals surface area contributed by atoms with Crippen LogP contribution in [-0.4, -0.2) is 38.8 Å². The number of ether oxygens (including phenoxy) is 2. The van der Waals surface area contributed by atoms with Crippen LogP contribution in [0.5, 0.6) is 11.5 Å². The summed E-state index contributed by atoms with van der Waals surface area (Å²) in [7, 11) is 3.43. The van der Waals surface area contributed by atoms with Gasteiger partial charge in [0.15, 0.2) is 11.5 Å². The van der Waals surface area contributed by atoms with E-state index in [0.29, 0.717) is 11.8 Å². The number of fused-ring (bicyclic) bond motifs is 1. The van der Waals surface area contributed by atoms with Gasteiger partial charge in [-0.05, 0) is 67.4 Å². The summed E-state index contributed by atoms with van der Waals surface area (Å²) in [5.41, 5.74) is 2.87. The first-order chi connectivity index (χ1) is 10.6. The van der Waals surface area contributed by atoms with Crippen LogP contribution in [0.4, 0.5) is 0 Å². The van der Waals surface area contributed by atoms with Crippen molar-refractivity contribution in [1.82, 2.24) is 4.90 Å². The Labute approximate surface area is 135 Å². The zero-order valence-electron chi connectivity index (χ0n) is 14.8. The monoisotopic (exact) mass is 305 g/mol. The molecule has 0 saturated carbocycles. The normalized spacial score (nSPS) is 20.3. The van der Waals surface area contributed by atoms with Gasteiger partial charge in [0.05, 0.1) is 14.2 Å². The number of hydrogen-bond donors (Lipinski definition) is 0. The number of nitrogens with zero attached hydrogens (tertiary/aromatic N) is 1. The summed E-state index contributed by atoms with van der Waals surface area (Å²) in [6.07, 6.45) is 3.62. The molecule has 0 radical (unpaired) electrons. The zero-order valence-corrected chi connectivity index (χ0v) is 14.8. The largest absolute Gasteiger partial charge is 0.493 e. The zero-order chi connectivity index (χ0) is 16.1. The van der Waals surface area contributed by atoms with E-state index in [-0.39, 0.29) is 0 Å². The van der Waals surface area contributed by atoms with Gasteiger partial charge in [-0.15, -0.1) is 0 Å². The van der Waals surface area contributed by atoms with Gasteiger partial charge < -0.3 is 14.4 Å². The van der Waals surface area contributed by atoms with Crippen molar-refractivity contribution in [2.24, 2.45) is 5.92 Å². The maximum Gasteiger partial charge on any atom is 0.161 e. The molecule has 0 saturated heterocycles. The van der Waals surface area contributed by atoms with Crippen LogP contribution in [0.1, 0.15) is 50.7 Å². The van der Waals surface area contributed by atoms with Crippen LogP contribution in [-0.2, 0) is 6.42 Å². The van der Waals surface area contributed by atoms with E-state index in [4.69, 9.17) is 9.47 Å². The van der Waals surface area contributed by atoms with Crippen molar-refractivity contribution in [2.75, 3.05) is 33.9 Å². The second-order valence-corrected chi connectivity index (χ2v) is 6.46. The van der Waals surface area contributed by atoms with Crippen molar-refractivity contribution in [3.63, 3.8) is 0 Å². The Hall–Kier alpha value is -1.22. The van der Waals surface area contributed by atoms with Crippen molar-refractivity contribution in [3.05, 3.63) is 23.3 Å². The molecule has 0 N–H and O–H groups in total. The summed E-state index contributed by atoms with van der Waals surface area (Å²) in [6.45, 7) is 10.5. The lowest BCUT2D eigenvalue weighted by Gasteiger charge is -2.27. The van der Waals surface area contributed by atoms with E-state index in [1.807, 2.05) is 0 Å². The van der Waals surface area contributed by atoms with Crippen LogP contribution in [0.2, 0.25) is 0 Å². The Morgan fingerprint density at radius 1 is 1.05 bits per heavy atom. The molecular formula is C19H31NO2. The molecule has 0 unspecified atom stereocenters. The standard InChI is InChI=1S/C19H31NO2/c1-6-8-20(9-7-2)13-16-10-15-11-18(21-4)19(22-5)12-17(15)14(16)3/h11-12,14,16H,6-10,13H2,1-5H3/t14-,16-/m1/s1. The van der Waals surface area contributed by atoms with Gasteiger partial charge in [0.1, 0.15) is 0 Å². The molecule has 1 aromatic carbocycles. The predicted octanol–water partition coefficient (Wildman–Crippen LogP) is 4.10. The third-order valence-electron chi connectivity index (χ3n) is 4.90. The predicted molar refractivity (Wildman–Crippen MR) is 92.2 cm³/mol. The SMILES string of the molecule is CCCN(CCC)C[C@H]1Cc2cc(OC)c(OC)cc2[C@@H]1C. The summed E-state index contributed by atoms with van der Waals surface area (Å²) in [5.74, 6) is 3.00. The molecule has 1 aliphatic rings. The van der Waals surface area contributed by atoms with Gasteiger partial charge in [0, 0.05) is 6.54 Å². The third kappa shape index (κ3) is 3.57. The molecule has 0 heterocycles. The minimum absolute atomic E-state index is 0.589. The topological polar surface area (TPSA) is 21.7 Å².